The average molecular weight is 157 g/mol. The predicted octanol–water partition coefficient (Wildman–Crippen LogP) is -0.280. The molecule has 0 amide bonds. The number of rotatable bonds is 6. The molecule has 62 valence electrons. The van der Waals surface area contributed by atoms with E-state index in [0.717, 1.165) is 0 Å². The Hall–Kier alpha value is -0.805. The Kier molecular flexibility index (Phi) is 5.51. The summed E-state index contributed by atoms with van der Waals surface area (Å²) in [5.74, 6) is -1.39. The molecule has 0 aliphatic carbocycles. The monoisotopic (exact) mass is 157 g/mol. The minimum absolute atomic E-state index is 0.0565. The van der Waals surface area contributed by atoms with Crippen LogP contribution in [0.15, 0.2) is 12.7 Å². The number of hydrogen-bond donors (Lipinski definition) is 2. The summed E-state index contributed by atoms with van der Waals surface area (Å²) in [4.78, 5) is 10.4. The number of hydrogen-bond acceptors (Lipinski definition) is 3. The van der Waals surface area contributed by atoms with Crippen molar-refractivity contribution in [2.24, 2.45) is 5.73 Å². The van der Waals surface area contributed by atoms with Crippen molar-refractivity contribution in [2.75, 3.05) is 6.73 Å². The third-order valence-electron chi connectivity index (χ3n) is 1.24. The van der Waals surface area contributed by atoms with Crippen molar-refractivity contribution in [1.29, 1.82) is 0 Å². The maximum Gasteiger partial charge on any atom is 0.301 e. The zero-order valence-corrected chi connectivity index (χ0v) is 6.32. The van der Waals surface area contributed by atoms with Crippen LogP contribution in [-0.2, 0) is 9.45 Å². The SMILES string of the molecule is C=CC[C@H](BOCN)C(=O)O. The molecule has 0 saturated heterocycles. The zero-order valence-electron chi connectivity index (χ0n) is 6.32. The second-order valence-electron chi connectivity index (χ2n) is 2.10. The molecule has 0 radical (unpaired) electrons. The van der Waals surface area contributed by atoms with E-state index in [1.807, 2.05) is 0 Å². The maximum atomic E-state index is 10.4. The Morgan fingerprint density at radius 3 is 2.91 bits per heavy atom. The normalized spacial score (nSPS) is 12.1. The molecule has 1 atom stereocenters. The van der Waals surface area contributed by atoms with Gasteiger partial charge in [-0.2, -0.15) is 0 Å². The van der Waals surface area contributed by atoms with Gasteiger partial charge in [0.15, 0.2) is 0 Å². The molecule has 0 aliphatic heterocycles. The Morgan fingerprint density at radius 2 is 2.55 bits per heavy atom. The van der Waals surface area contributed by atoms with Crippen LogP contribution in [0.5, 0.6) is 0 Å². The lowest BCUT2D eigenvalue weighted by molar-refractivity contribution is -0.137. The zero-order chi connectivity index (χ0) is 8.69. The van der Waals surface area contributed by atoms with Gasteiger partial charge in [-0.1, -0.05) is 6.08 Å². The Labute approximate surface area is 66.3 Å². The van der Waals surface area contributed by atoms with Gasteiger partial charge < -0.3 is 15.5 Å². The molecule has 0 fully saturated rings. The highest BCUT2D eigenvalue weighted by Gasteiger charge is 2.17. The first kappa shape index (κ1) is 10.2. The van der Waals surface area contributed by atoms with Crippen LogP contribution in [0.4, 0.5) is 0 Å². The summed E-state index contributed by atoms with van der Waals surface area (Å²) in [7, 11) is 0.151. The first-order valence-corrected chi connectivity index (χ1v) is 3.33. The van der Waals surface area contributed by atoms with Crippen LogP contribution < -0.4 is 5.73 Å². The van der Waals surface area contributed by atoms with Crippen molar-refractivity contribution >= 4 is 13.5 Å². The van der Waals surface area contributed by atoms with E-state index in [9.17, 15) is 4.79 Å². The lowest BCUT2D eigenvalue weighted by atomic mass is 9.78. The van der Waals surface area contributed by atoms with Crippen molar-refractivity contribution in [3.05, 3.63) is 12.7 Å². The summed E-state index contributed by atoms with van der Waals surface area (Å²) in [5, 5.41) is 8.56. The largest absolute Gasteiger partial charge is 0.481 e. The van der Waals surface area contributed by atoms with Crippen LogP contribution in [0.25, 0.3) is 0 Å². The fourth-order valence-electron chi connectivity index (χ4n) is 0.652. The van der Waals surface area contributed by atoms with Crippen LogP contribution >= 0.6 is 0 Å². The molecule has 0 aromatic heterocycles. The molecule has 0 spiro atoms. The first-order chi connectivity index (χ1) is 5.22. The number of carboxylic acid groups (broad SMARTS) is 1. The topological polar surface area (TPSA) is 72.5 Å². The van der Waals surface area contributed by atoms with Crippen molar-refractivity contribution in [3.8, 4) is 0 Å². The van der Waals surface area contributed by atoms with E-state index in [-0.39, 0.29) is 14.2 Å². The molecule has 3 N–H and O–H groups in total. The Bertz CT molecular complexity index is 140. The maximum absolute atomic E-state index is 10.4. The smallest absolute Gasteiger partial charge is 0.301 e. The van der Waals surface area contributed by atoms with E-state index < -0.39 is 11.8 Å². The van der Waals surface area contributed by atoms with E-state index in [2.05, 4.69) is 6.58 Å². The van der Waals surface area contributed by atoms with Crippen LogP contribution in [0.2, 0.25) is 5.82 Å². The summed E-state index contributed by atoms with van der Waals surface area (Å²) < 4.78 is 4.76. The fraction of sp³-hybridized carbons (Fsp3) is 0.500. The van der Waals surface area contributed by atoms with Crippen LogP contribution in [0.3, 0.4) is 0 Å². The lowest BCUT2D eigenvalue weighted by Crippen LogP contribution is -2.19. The van der Waals surface area contributed by atoms with Crippen molar-refractivity contribution in [1.82, 2.24) is 0 Å². The van der Waals surface area contributed by atoms with Crippen molar-refractivity contribution in [3.63, 3.8) is 0 Å². The van der Waals surface area contributed by atoms with Gasteiger partial charge in [-0.15, -0.1) is 6.58 Å². The minimum atomic E-state index is -0.877. The van der Waals surface area contributed by atoms with Crippen molar-refractivity contribution in [2.45, 2.75) is 12.2 Å². The highest BCUT2D eigenvalue weighted by molar-refractivity contribution is 6.36. The molecule has 0 aromatic carbocycles. The van der Waals surface area contributed by atoms with E-state index in [1.165, 1.54) is 0 Å². The van der Waals surface area contributed by atoms with Crippen LogP contribution in [-0.4, -0.2) is 25.3 Å². The molecule has 0 aromatic rings. The Balaban J connectivity index is 3.69. The standard InChI is InChI=1S/C6H12BNO3/c1-2-3-5(6(9)10)7-11-4-8/h2,5,7H,1,3-4,8H2,(H,9,10)/t5-/m0/s1. The summed E-state index contributed by atoms with van der Waals surface area (Å²) in [6.07, 6.45) is 1.97. The van der Waals surface area contributed by atoms with Gasteiger partial charge in [-0.05, 0) is 6.42 Å². The summed E-state index contributed by atoms with van der Waals surface area (Å²) in [6.45, 7) is 3.50. The molecule has 11 heavy (non-hydrogen) atoms. The van der Waals surface area contributed by atoms with E-state index >= 15 is 0 Å². The van der Waals surface area contributed by atoms with E-state index in [4.69, 9.17) is 15.5 Å². The van der Waals surface area contributed by atoms with E-state index in [0.29, 0.717) is 6.42 Å². The van der Waals surface area contributed by atoms with Gasteiger partial charge in [0.25, 0.3) is 7.48 Å². The highest BCUT2D eigenvalue weighted by atomic mass is 16.4. The average Bonchev–Trinajstić information content (AvgIpc) is 1.97. The fourth-order valence-corrected chi connectivity index (χ4v) is 0.652. The molecular weight excluding hydrogens is 145 g/mol. The van der Waals surface area contributed by atoms with E-state index in [1.54, 1.807) is 6.08 Å². The predicted molar refractivity (Wildman–Crippen MR) is 43.5 cm³/mol. The van der Waals surface area contributed by atoms with Crippen molar-refractivity contribution < 1.29 is 14.6 Å². The van der Waals surface area contributed by atoms with Gasteiger partial charge in [0.1, 0.15) is 0 Å². The van der Waals surface area contributed by atoms with Crippen LogP contribution in [0.1, 0.15) is 6.42 Å². The van der Waals surface area contributed by atoms with Gasteiger partial charge in [0, 0.05) is 0 Å². The van der Waals surface area contributed by atoms with Gasteiger partial charge >= 0.3 is 5.97 Å². The quantitative estimate of drug-likeness (QED) is 0.316. The number of carboxylic acids is 1. The molecule has 0 bridgehead atoms. The van der Waals surface area contributed by atoms with Gasteiger partial charge in [-0.25, -0.2) is 0 Å². The summed E-state index contributed by atoms with van der Waals surface area (Å²) >= 11 is 0. The lowest BCUT2D eigenvalue weighted by Gasteiger charge is -2.06. The second kappa shape index (κ2) is 5.94. The van der Waals surface area contributed by atoms with Crippen LogP contribution in [0, 0.1) is 0 Å². The molecule has 0 heterocycles. The minimum Gasteiger partial charge on any atom is -0.481 e. The highest BCUT2D eigenvalue weighted by Crippen LogP contribution is 2.09. The molecular formula is C6H12BNO3. The third kappa shape index (κ3) is 4.58. The third-order valence-corrected chi connectivity index (χ3v) is 1.24. The molecule has 0 unspecified atom stereocenters. The number of nitrogens with two attached hydrogens (primary N) is 1. The summed E-state index contributed by atoms with van der Waals surface area (Å²) in [5.41, 5.74) is 5.03. The Morgan fingerprint density at radius 1 is 1.91 bits per heavy atom. The molecule has 5 heteroatoms. The van der Waals surface area contributed by atoms with Gasteiger partial charge in [0.05, 0.1) is 12.5 Å². The molecule has 0 saturated carbocycles. The molecule has 4 nitrogen and oxygen atoms in total. The number of aliphatic carboxylic acids is 1. The van der Waals surface area contributed by atoms with Gasteiger partial charge in [-0.3, -0.25) is 4.79 Å². The summed E-state index contributed by atoms with van der Waals surface area (Å²) in [6, 6.07) is 0. The number of carbonyl (C=O) groups is 1. The van der Waals surface area contributed by atoms with Gasteiger partial charge in [0.2, 0.25) is 0 Å². The molecule has 0 rings (SSSR count). The first-order valence-electron chi connectivity index (χ1n) is 3.33. The molecule has 0 aliphatic rings. The number of allylic oxidation sites excluding steroid dienone is 1. The second-order valence-corrected chi connectivity index (χ2v) is 2.10.